The number of rotatable bonds is 4. The van der Waals surface area contributed by atoms with Gasteiger partial charge in [0.05, 0.1) is 23.4 Å². The van der Waals surface area contributed by atoms with Crippen molar-refractivity contribution in [3.8, 4) is 28.3 Å². The first-order valence-corrected chi connectivity index (χ1v) is 12.8. The fourth-order valence-electron chi connectivity index (χ4n) is 6.30. The minimum Gasteiger partial charge on any atom is -0.481 e. The third-order valence-corrected chi connectivity index (χ3v) is 8.50. The molecule has 0 unspecified atom stereocenters. The van der Waals surface area contributed by atoms with Crippen molar-refractivity contribution in [2.75, 3.05) is 20.2 Å². The summed E-state index contributed by atoms with van der Waals surface area (Å²) in [4.78, 5) is 19.4. The molecule has 3 aromatic rings. The number of carbonyl (C=O) groups excluding carboxylic acids is 1. The molecular weight excluding hydrogens is 458 g/mol. The molecule has 6 rings (SSSR count). The maximum atomic E-state index is 11.9. The highest BCUT2D eigenvalue weighted by Crippen LogP contribution is 2.46. The molecule has 3 heterocycles. The van der Waals surface area contributed by atoms with E-state index in [1.807, 2.05) is 24.3 Å². The molecule has 1 aliphatic carbocycles. The van der Waals surface area contributed by atoms with Crippen LogP contribution in [-0.4, -0.2) is 41.5 Å². The molecule has 2 aliphatic heterocycles. The van der Waals surface area contributed by atoms with E-state index in [1.165, 1.54) is 16.7 Å². The summed E-state index contributed by atoms with van der Waals surface area (Å²) >= 11 is 6.99. The molecule has 1 aromatic heterocycles. The van der Waals surface area contributed by atoms with Gasteiger partial charge in [0.2, 0.25) is 11.8 Å². The van der Waals surface area contributed by atoms with Crippen LogP contribution in [0.3, 0.4) is 0 Å². The predicted octanol–water partition coefficient (Wildman–Crippen LogP) is 5.73. The zero-order valence-electron chi connectivity index (χ0n) is 20.2. The lowest BCUT2D eigenvalue weighted by atomic mass is 9.96. The fraction of sp³-hybridized carbons (Fsp3) is 0.379. The van der Waals surface area contributed by atoms with Gasteiger partial charge in [0, 0.05) is 42.2 Å². The largest absolute Gasteiger partial charge is 0.481 e. The van der Waals surface area contributed by atoms with Crippen molar-refractivity contribution in [3.63, 3.8) is 0 Å². The first kappa shape index (κ1) is 22.6. The van der Waals surface area contributed by atoms with Gasteiger partial charge in [0.15, 0.2) is 0 Å². The van der Waals surface area contributed by atoms with Gasteiger partial charge in [-0.05, 0) is 55.4 Å². The van der Waals surface area contributed by atoms with Crippen molar-refractivity contribution < 1.29 is 9.53 Å². The molecule has 6 heteroatoms. The summed E-state index contributed by atoms with van der Waals surface area (Å²) < 4.78 is 5.87. The smallest absolute Gasteiger partial charge is 0.220 e. The number of nitrogens with one attached hydrogen (secondary N) is 1. The highest BCUT2D eigenvalue weighted by molar-refractivity contribution is 6.36. The number of amides is 1. The van der Waals surface area contributed by atoms with Crippen LogP contribution in [0.4, 0.5) is 0 Å². The van der Waals surface area contributed by atoms with Crippen molar-refractivity contribution in [2.24, 2.45) is 0 Å². The molecule has 0 saturated carbocycles. The lowest BCUT2D eigenvalue weighted by Crippen LogP contribution is -2.44. The van der Waals surface area contributed by atoms with E-state index in [1.54, 1.807) is 7.11 Å². The number of benzene rings is 2. The van der Waals surface area contributed by atoms with Crippen LogP contribution in [0.1, 0.15) is 48.4 Å². The van der Waals surface area contributed by atoms with Gasteiger partial charge in [-0.2, -0.15) is 0 Å². The molecule has 1 spiro atoms. The van der Waals surface area contributed by atoms with E-state index in [0.717, 1.165) is 61.2 Å². The molecule has 2 fully saturated rings. The number of methoxy groups -OCH3 is 1. The minimum atomic E-state index is -0.0516. The Labute approximate surface area is 211 Å². The zero-order valence-corrected chi connectivity index (χ0v) is 21.0. The number of likely N-dealkylation sites (tertiary alicyclic amines) is 1. The first-order chi connectivity index (χ1) is 17.0. The van der Waals surface area contributed by atoms with Gasteiger partial charge < -0.3 is 10.1 Å². The lowest BCUT2D eigenvalue weighted by Gasteiger charge is -2.28. The maximum Gasteiger partial charge on any atom is 0.220 e. The number of fused-ring (bicyclic) bond motifs is 1. The Balaban J connectivity index is 1.35. The highest BCUT2D eigenvalue weighted by Gasteiger charge is 2.46. The van der Waals surface area contributed by atoms with Gasteiger partial charge in [0.1, 0.15) is 0 Å². The van der Waals surface area contributed by atoms with Crippen LogP contribution in [0.25, 0.3) is 22.4 Å². The summed E-state index contributed by atoms with van der Waals surface area (Å²) in [5.74, 6) is 0.876. The second-order valence-electron chi connectivity index (χ2n) is 10.2. The molecule has 1 N–H and O–H groups in total. The molecule has 2 saturated heterocycles. The Morgan fingerprint density at radius 2 is 1.89 bits per heavy atom. The molecule has 5 nitrogen and oxygen atoms in total. The van der Waals surface area contributed by atoms with Crippen LogP contribution >= 0.6 is 11.6 Å². The number of aryl methyl sites for hydroxylation is 2. The Hall–Kier alpha value is -2.89. The molecular formula is C29H30ClN3O2. The number of hydrogen-bond donors (Lipinski definition) is 1. The summed E-state index contributed by atoms with van der Waals surface area (Å²) in [7, 11) is 1.70. The van der Waals surface area contributed by atoms with Crippen molar-refractivity contribution >= 4 is 17.5 Å². The average molecular weight is 488 g/mol. The predicted molar refractivity (Wildman–Crippen MR) is 139 cm³/mol. The van der Waals surface area contributed by atoms with Crippen molar-refractivity contribution in [2.45, 2.75) is 50.6 Å². The molecule has 1 amide bonds. The molecule has 180 valence electrons. The van der Waals surface area contributed by atoms with Gasteiger partial charge in [-0.25, -0.2) is 4.98 Å². The SMILES string of the molecule is COc1nc(-c2cccc(-c3ccccc3C)c2Cl)cc2c1[C@H](N1CC[C@]3(CCC(=O)N3)C1)CC2. The summed E-state index contributed by atoms with van der Waals surface area (Å²) in [6.07, 6.45) is 4.62. The molecule has 35 heavy (non-hydrogen) atoms. The van der Waals surface area contributed by atoms with Crippen LogP contribution in [0, 0.1) is 6.92 Å². The number of carbonyl (C=O) groups is 1. The van der Waals surface area contributed by atoms with Gasteiger partial charge in [-0.15, -0.1) is 0 Å². The van der Waals surface area contributed by atoms with Gasteiger partial charge in [-0.1, -0.05) is 54.1 Å². The van der Waals surface area contributed by atoms with Crippen LogP contribution in [0.15, 0.2) is 48.5 Å². The first-order valence-electron chi connectivity index (χ1n) is 12.5. The number of aromatic nitrogens is 1. The Kier molecular flexibility index (Phi) is 5.58. The van der Waals surface area contributed by atoms with Crippen molar-refractivity contribution in [1.82, 2.24) is 15.2 Å². The van der Waals surface area contributed by atoms with Crippen LogP contribution in [-0.2, 0) is 11.2 Å². The minimum absolute atomic E-state index is 0.0516. The zero-order chi connectivity index (χ0) is 24.2. The van der Waals surface area contributed by atoms with Gasteiger partial charge in [-0.3, -0.25) is 9.69 Å². The van der Waals surface area contributed by atoms with E-state index in [0.29, 0.717) is 17.3 Å². The van der Waals surface area contributed by atoms with Crippen molar-refractivity contribution in [3.05, 3.63) is 70.2 Å². The molecule has 2 aromatic carbocycles. The van der Waals surface area contributed by atoms with E-state index >= 15 is 0 Å². The molecule has 2 atom stereocenters. The molecule has 0 bridgehead atoms. The number of pyridine rings is 1. The quantitative estimate of drug-likeness (QED) is 0.510. The normalized spacial score (nSPS) is 23.6. The topological polar surface area (TPSA) is 54.5 Å². The maximum absolute atomic E-state index is 11.9. The van der Waals surface area contributed by atoms with Crippen LogP contribution in [0.2, 0.25) is 5.02 Å². The second kappa shape index (κ2) is 8.65. The number of ether oxygens (including phenoxy) is 1. The summed E-state index contributed by atoms with van der Waals surface area (Å²) in [5, 5.41) is 3.96. The van der Waals surface area contributed by atoms with E-state index in [9.17, 15) is 4.79 Å². The second-order valence-corrected chi connectivity index (χ2v) is 10.6. The molecule has 3 aliphatic rings. The van der Waals surface area contributed by atoms with Crippen LogP contribution in [0.5, 0.6) is 5.88 Å². The monoisotopic (exact) mass is 487 g/mol. The van der Waals surface area contributed by atoms with E-state index in [2.05, 4.69) is 41.4 Å². The van der Waals surface area contributed by atoms with Gasteiger partial charge >= 0.3 is 0 Å². The summed E-state index contributed by atoms with van der Waals surface area (Å²) in [6.45, 7) is 3.99. The van der Waals surface area contributed by atoms with Crippen LogP contribution < -0.4 is 10.1 Å². The van der Waals surface area contributed by atoms with E-state index in [-0.39, 0.29) is 17.5 Å². The third-order valence-electron chi connectivity index (χ3n) is 8.09. The van der Waals surface area contributed by atoms with E-state index < -0.39 is 0 Å². The number of halogens is 1. The fourth-order valence-corrected chi connectivity index (χ4v) is 6.63. The lowest BCUT2D eigenvalue weighted by molar-refractivity contribution is -0.119. The number of hydrogen-bond acceptors (Lipinski definition) is 4. The standard InChI is InChI=1S/C29H30ClN3O2/c1-18-6-3-4-7-20(18)21-8-5-9-22(27(21)30)23-16-19-10-11-24(26(19)28(31-23)35-2)33-15-14-29(17-33)13-12-25(34)32-29/h3-9,16,24H,10-15,17H2,1-2H3,(H,32,34)/t24-,29-/m1/s1. The Morgan fingerprint density at radius 3 is 2.66 bits per heavy atom. The highest BCUT2D eigenvalue weighted by atomic mass is 35.5. The average Bonchev–Trinajstić information content (AvgIpc) is 3.57. The summed E-state index contributed by atoms with van der Waals surface area (Å²) in [5.41, 5.74) is 7.54. The van der Waals surface area contributed by atoms with E-state index in [4.69, 9.17) is 21.3 Å². The summed E-state index contributed by atoms with van der Waals surface area (Å²) in [6, 6.07) is 16.9. The Morgan fingerprint density at radius 1 is 1.09 bits per heavy atom. The van der Waals surface area contributed by atoms with Crippen molar-refractivity contribution in [1.29, 1.82) is 0 Å². The number of nitrogens with zero attached hydrogens (tertiary/aromatic N) is 2. The Bertz CT molecular complexity index is 1320. The van der Waals surface area contributed by atoms with Gasteiger partial charge in [0.25, 0.3) is 0 Å². The molecule has 0 radical (unpaired) electrons. The third kappa shape index (κ3) is 3.82.